The topological polar surface area (TPSA) is 94.6 Å². The molecule has 1 aliphatic heterocycles. The molecular weight excluding hydrogens is 659 g/mol. The average Bonchev–Trinajstić information content (AvgIpc) is 3.45. The number of carbonyl (C=O) groups excluding carboxylic acids is 3. The second-order valence-corrected chi connectivity index (χ2v) is 13.8. The first-order valence-corrected chi connectivity index (χ1v) is 17.7. The molecule has 7 rings (SSSR count). The number of nitrogens with one attached hydrogen (secondary N) is 2. The number of amides is 2. The molecule has 1 aliphatic rings. The summed E-state index contributed by atoms with van der Waals surface area (Å²) in [6.07, 6.45) is 2.09. The number of nitrogens with zero attached hydrogens (tertiary/aromatic N) is 3. The molecule has 2 N–H and O–H groups in total. The standard InChI is InChI=1S/C45H41N5O3/c1-44(2)42(40(52)31-51)50(32-49(44)30-33-27-28-46-41(29-33)48-43(53)47-38-21-13-6-14-22-38)39-25-23-37(24-26-39)45(34-15-7-3-8-16-34,35-17-9-4-10-18-35)36-19-11-5-12-20-36/h3-29,31,42H,30,32H2,1-2H3,(H2,46,47,48,53). The van der Waals surface area contributed by atoms with Crippen molar-refractivity contribution in [3.63, 3.8) is 0 Å². The summed E-state index contributed by atoms with van der Waals surface area (Å²) in [5, 5.41) is 5.62. The van der Waals surface area contributed by atoms with Gasteiger partial charge in [-0.15, -0.1) is 0 Å². The number of hydrogen-bond donors (Lipinski definition) is 2. The Morgan fingerprint density at radius 2 is 1.23 bits per heavy atom. The van der Waals surface area contributed by atoms with E-state index in [4.69, 9.17) is 0 Å². The summed E-state index contributed by atoms with van der Waals surface area (Å²) in [6.45, 7) is 4.84. The highest BCUT2D eigenvalue weighted by atomic mass is 16.2. The molecule has 0 aliphatic carbocycles. The zero-order chi connectivity index (χ0) is 36.8. The quantitative estimate of drug-likeness (QED) is 0.0803. The molecule has 6 aromatic rings. The van der Waals surface area contributed by atoms with E-state index in [0.717, 1.165) is 33.5 Å². The number of ketones is 1. The molecule has 1 aromatic heterocycles. The Morgan fingerprint density at radius 1 is 0.717 bits per heavy atom. The van der Waals surface area contributed by atoms with Crippen molar-refractivity contribution < 1.29 is 14.4 Å². The number of benzene rings is 5. The number of anilines is 3. The third-order valence-electron chi connectivity index (χ3n) is 10.2. The summed E-state index contributed by atoms with van der Waals surface area (Å²) in [7, 11) is 0. The molecule has 1 saturated heterocycles. The minimum Gasteiger partial charge on any atom is -0.346 e. The van der Waals surface area contributed by atoms with Crippen LogP contribution in [0.2, 0.25) is 0 Å². The molecule has 8 heteroatoms. The van der Waals surface area contributed by atoms with E-state index in [1.807, 2.05) is 67.3 Å². The van der Waals surface area contributed by atoms with Gasteiger partial charge in [0, 0.05) is 29.7 Å². The summed E-state index contributed by atoms with van der Waals surface area (Å²) in [5.74, 6) is -0.0805. The van der Waals surface area contributed by atoms with Gasteiger partial charge in [0.25, 0.3) is 0 Å². The molecule has 0 saturated carbocycles. The fourth-order valence-electron chi connectivity index (χ4n) is 7.68. The molecule has 5 aromatic carbocycles. The molecular formula is C45H41N5O3. The lowest BCUT2D eigenvalue weighted by molar-refractivity contribution is -0.131. The summed E-state index contributed by atoms with van der Waals surface area (Å²) in [6, 6.07) is 51.7. The highest BCUT2D eigenvalue weighted by Gasteiger charge is 2.50. The average molecular weight is 700 g/mol. The van der Waals surface area contributed by atoms with Crippen LogP contribution in [0.5, 0.6) is 0 Å². The lowest BCUT2D eigenvalue weighted by atomic mass is 9.65. The minimum absolute atomic E-state index is 0.399. The van der Waals surface area contributed by atoms with Crippen LogP contribution in [0.4, 0.5) is 22.0 Å². The Kier molecular flexibility index (Phi) is 9.97. The number of carbonyl (C=O) groups is 3. The van der Waals surface area contributed by atoms with E-state index < -0.39 is 28.8 Å². The van der Waals surface area contributed by atoms with E-state index >= 15 is 0 Å². The molecule has 264 valence electrons. The largest absolute Gasteiger partial charge is 0.346 e. The number of pyridine rings is 1. The van der Waals surface area contributed by atoms with Crippen LogP contribution < -0.4 is 15.5 Å². The van der Waals surface area contributed by atoms with Gasteiger partial charge in [-0.25, -0.2) is 9.78 Å². The van der Waals surface area contributed by atoms with Crippen molar-refractivity contribution >= 4 is 35.3 Å². The van der Waals surface area contributed by atoms with E-state index in [1.54, 1.807) is 18.3 Å². The van der Waals surface area contributed by atoms with Crippen LogP contribution >= 0.6 is 0 Å². The lowest BCUT2D eigenvalue weighted by Crippen LogP contribution is -2.51. The number of urea groups is 1. The Balaban J connectivity index is 1.20. The normalized spacial score (nSPS) is 15.4. The van der Waals surface area contributed by atoms with Gasteiger partial charge in [-0.2, -0.15) is 0 Å². The van der Waals surface area contributed by atoms with Crippen molar-refractivity contribution in [1.82, 2.24) is 9.88 Å². The number of hydrogen-bond acceptors (Lipinski definition) is 6. The number of aromatic nitrogens is 1. The van der Waals surface area contributed by atoms with Crippen LogP contribution in [0.25, 0.3) is 0 Å². The van der Waals surface area contributed by atoms with Crippen molar-refractivity contribution in [2.75, 3.05) is 22.2 Å². The van der Waals surface area contributed by atoms with Crippen LogP contribution in [-0.2, 0) is 21.5 Å². The van der Waals surface area contributed by atoms with Gasteiger partial charge in [0.15, 0.2) is 6.29 Å². The van der Waals surface area contributed by atoms with Crippen LogP contribution in [0.3, 0.4) is 0 Å². The third-order valence-corrected chi connectivity index (χ3v) is 10.2. The second kappa shape index (κ2) is 15.1. The van der Waals surface area contributed by atoms with Gasteiger partial charge >= 0.3 is 6.03 Å². The molecule has 1 atom stereocenters. The van der Waals surface area contributed by atoms with Gasteiger partial charge in [0.05, 0.1) is 12.1 Å². The molecule has 1 fully saturated rings. The van der Waals surface area contributed by atoms with E-state index in [2.05, 4.69) is 118 Å². The molecule has 0 bridgehead atoms. The van der Waals surface area contributed by atoms with Crippen LogP contribution in [0.1, 0.15) is 41.7 Å². The second-order valence-electron chi connectivity index (χ2n) is 13.8. The van der Waals surface area contributed by atoms with Gasteiger partial charge in [-0.3, -0.25) is 19.8 Å². The van der Waals surface area contributed by atoms with Gasteiger partial charge in [-0.05, 0) is 78.1 Å². The Labute approximate surface area is 310 Å². The Hall–Kier alpha value is -6.38. The minimum atomic E-state index is -0.718. The fraction of sp³-hybridized carbons (Fsp3) is 0.156. The maximum Gasteiger partial charge on any atom is 0.324 e. The van der Waals surface area contributed by atoms with Gasteiger partial charge in [-0.1, -0.05) is 121 Å². The third kappa shape index (κ3) is 6.97. The predicted octanol–water partition coefficient (Wildman–Crippen LogP) is 8.30. The van der Waals surface area contributed by atoms with E-state index in [-0.39, 0.29) is 0 Å². The van der Waals surface area contributed by atoms with Crippen molar-refractivity contribution in [3.05, 3.63) is 192 Å². The molecule has 1 unspecified atom stereocenters. The number of Topliss-reactive ketones (excluding diaryl/α,β-unsaturated/α-hetero) is 1. The Morgan fingerprint density at radius 3 is 1.75 bits per heavy atom. The molecule has 2 heterocycles. The summed E-state index contributed by atoms with van der Waals surface area (Å²) < 4.78 is 0. The number of rotatable bonds is 11. The predicted molar refractivity (Wildman–Crippen MR) is 210 cm³/mol. The van der Waals surface area contributed by atoms with Gasteiger partial charge in [0.2, 0.25) is 5.78 Å². The SMILES string of the molecule is CC1(C)C(C(=O)C=O)N(c2ccc(C(c3ccccc3)(c3ccccc3)c3ccccc3)cc2)CN1Cc1ccnc(NC(=O)Nc2ccccc2)c1. The lowest BCUT2D eigenvalue weighted by Gasteiger charge is -2.37. The zero-order valence-corrected chi connectivity index (χ0v) is 29.7. The zero-order valence-electron chi connectivity index (χ0n) is 29.7. The van der Waals surface area contributed by atoms with Crippen LogP contribution in [-0.4, -0.2) is 46.2 Å². The monoisotopic (exact) mass is 699 g/mol. The molecule has 2 amide bonds. The highest BCUT2D eigenvalue weighted by Crippen LogP contribution is 2.46. The van der Waals surface area contributed by atoms with Gasteiger partial charge < -0.3 is 10.2 Å². The summed E-state index contributed by atoms with van der Waals surface area (Å²) in [5.41, 5.74) is 5.57. The van der Waals surface area contributed by atoms with Crippen molar-refractivity contribution in [1.29, 1.82) is 0 Å². The first kappa shape index (κ1) is 35.0. The van der Waals surface area contributed by atoms with E-state index in [9.17, 15) is 14.4 Å². The Bertz CT molecular complexity index is 2080. The first-order chi connectivity index (χ1) is 25.8. The van der Waals surface area contributed by atoms with E-state index in [1.165, 1.54) is 0 Å². The number of aldehydes is 1. The highest BCUT2D eigenvalue weighted by molar-refractivity contribution is 6.29. The maximum absolute atomic E-state index is 13.4. The molecule has 53 heavy (non-hydrogen) atoms. The maximum atomic E-state index is 13.4. The van der Waals surface area contributed by atoms with E-state index in [0.29, 0.717) is 31.0 Å². The first-order valence-electron chi connectivity index (χ1n) is 17.7. The molecule has 0 radical (unpaired) electrons. The number of para-hydroxylation sites is 1. The van der Waals surface area contributed by atoms with Crippen molar-refractivity contribution in [2.24, 2.45) is 0 Å². The van der Waals surface area contributed by atoms with Crippen LogP contribution in [0, 0.1) is 0 Å². The van der Waals surface area contributed by atoms with Crippen molar-refractivity contribution in [2.45, 2.75) is 37.4 Å². The summed E-state index contributed by atoms with van der Waals surface area (Å²) >= 11 is 0. The summed E-state index contributed by atoms with van der Waals surface area (Å²) in [4.78, 5) is 46.7. The molecule has 0 spiro atoms. The van der Waals surface area contributed by atoms with Gasteiger partial charge in [0.1, 0.15) is 11.9 Å². The smallest absolute Gasteiger partial charge is 0.324 e. The fourth-order valence-corrected chi connectivity index (χ4v) is 7.68. The van der Waals surface area contributed by atoms with Crippen molar-refractivity contribution in [3.8, 4) is 0 Å². The van der Waals surface area contributed by atoms with Crippen LogP contribution in [0.15, 0.2) is 164 Å². The molecule has 8 nitrogen and oxygen atoms in total.